The molecule has 20 N–H and O–H groups in total. The molecule has 6 amide bonds. The molecule has 39 heteroatoms. The van der Waals surface area contributed by atoms with Crippen LogP contribution in [-0.4, -0.2) is 376 Å². The molecule has 0 aliphatic carbocycles. The summed E-state index contributed by atoms with van der Waals surface area (Å²) in [7, 11) is 7.41. The maximum atomic E-state index is 15.5. The van der Waals surface area contributed by atoms with Gasteiger partial charge in [-0.1, -0.05) is 94.6 Å². The van der Waals surface area contributed by atoms with E-state index in [0.29, 0.717) is 11.5 Å². The third kappa shape index (κ3) is 19.0. The number of carbonyl (C=O) groups excluding carboxylic acids is 6. The van der Waals surface area contributed by atoms with E-state index in [9.17, 15) is 90.7 Å². The van der Waals surface area contributed by atoms with Crippen molar-refractivity contribution in [1.82, 2.24) is 51.5 Å². The molecule has 8 rings (SSSR count). The van der Waals surface area contributed by atoms with Gasteiger partial charge in [0.2, 0.25) is 41.7 Å². The van der Waals surface area contributed by atoms with Crippen LogP contribution >= 0.6 is 45.2 Å². The first-order valence-corrected chi connectivity index (χ1v) is 36.0. The summed E-state index contributed by atoms with van der Waals surface area (Å²) < 4.78 is 28.6. The molecule has 2 aromatic carbocycles. The molecule has 6 saturated heterocycles. The number of benzene rings is 2. The van der Waals surface area contributed by atoms with Gasteiger partial charge >= 0.3 is 0 Å². The fourth-order valence-corrected chi connectivity index (χ4v) is 12.6. The summed E-state index contributed by atoms with van der Waals surface area (Å²) in [5, 5.41) is 168. The summed E-state index contributed by atoms with van der Waals surface area (Å²) in [6.45, 7) is -3.36. The molecule has 25 unspecified atom stereocenters. The maximum absolute atomic E-state index is 15.5. The van der Waals surface area contributed by atoms with Crippen molar-refractivity contribution in [2.75, 3.05) is 91.2 Å². The summed E-state index contributed by atoms with van der Waals surface area (Å²) >= 11 is 4.30. The van der Waals surface area contributed by atoms with E-state index < -0.39 is 227 Å². The summed E-state index contributed by atoms with van der Waals surface area (Å²) in [5.74, 6) is -7.77. The molecule has 2 aromatic rings. The standard InChI is InChI=1S/C59H88N12O25.2CH3I/c1-24(26-10-8-7-9-11-26)36-52(89)63-28(16-25-12-14-27(15-13-25)92-56-48(86)45(83)49(34(23-75)95-56)96-57-47(85)44(82)42(80)33(22-74)94-57)51(88)66-37(39(77)30-18-68(4)58(60-2)70(30)6)54(91)67-38(53(90)64-29(20-72)50(87)62-17-35(76)65-36)40(78)31-19-69(5)59(61-3)71(31)55-46(84)43(81)41(79)32(21-73)93-55;2*1-2/h7-15,24,28-34,36-49,55-57,72-75,77-86H,16-23H2,1-6H3,(H,62,87)(H,63,89)(H,64,90)(H,65,76)(H,66,88)(H,67,91);2*1H3. The van der Waals surface area contributed by atoms with Crippen LogP contribution < -0.4 is 36.6 Å². The highest BCUT2D eigenvalue weighted by Crippen LogP contribution is 2.34. The minimum absolute atomic E-state index is 0.0438. The molecule has 562 valence electrons. The second-order valence-electron chi connectivity index (χ2n) is 24.4. The molecule has 100 heavy (non-hydrogen) atoms. The Morgan fingerprint density at radius 2 is 1.04 bits per heavy atom. The van der Waals surface area contributed by atoms with Crippen molar-refractivity contribution in [3.8, 4) is 5.75 Å². The zero-order valence-corrected chi connectivity index (χ0v) is 60.3. The largest absolute Gasteiger partial charge is 0.462 e. The van der Waals surface area contributed by atoms with Gasteiger partial charge in [0.1, 0.15) is 121 Å². The first kappa shape index (κ1) is 83.3. The Kier molecular flexibility index (Phi) is 31.8. The van der Waals surface area contributed by atoms with Crippen molar-refractivity contribution < 1.29 is 124 Å². The smallest absolute Gasteiger partial charge is 0.246 e. The quantitative estimate of drug-likeness (QED) is 0.0516. The first-order valence-electron chi connectivity index (χ1n) is 31.7. The zero-order valence-electron chi connectivity index (χ0n) is 56.0. The number of hydrogen-bond donors (Lipinski definition) is 20. The average Bonchev–Trinajstić information content (AvgIpc) is 1.54. The SMILES string of the molecule is CI.CI.CN=C1N(C)CC(C(O)C2NC(=O)C(Cc3ccc(OC4OC(CO)C(OC5OC(CO)C(O)C(O)C5O)C(O)C4O)cc3)NC(=O)C(C(C)c3ccccc3)NC(=O)CNC(=O)C(CO)NC(=O)C(C(O)C3CN(C)C(=NC)N3C3OC(CO)C(O)C(O)C3O)NC2=O)N1C. The number of likely N-dealkylation sites (N-methyl/N-ethyl adjacent to an activating group) is 3. The van der Waals surface area contributed by atoms with E-state index in [4.69, 9.17) is 23.7 Å². The Morgan fingerprint density at radius 1 is 0.540 bits per heavy atom. The van der Waals surface area contributed by atoms with E-state index in [0.717, 1.165) is 4.90 Å². The van der Waals surface area contributed by atoms with Crippen molar-refractivity contribution in [3.63, 3.8) is 0 Å². The molecule has 0 spiro atoms. The van der Waals surface area contributed by atoms with Crippen LogP contribution in [0.3, 0.4) is 0 Å². The lowest BCUT2D eigenvalue weighted by Crippen LogP contribution is -2.69. The Morgan fingerprint density at radius 3 is 1.61 bits per heavy atom. The number of carbonyl (C=O) groups is 6. The normalized spacial score (nSPS) is 36.0. The van der Waals surface area contributed by atoms with Crippen molar-refractivity contribution in [3.05, 3.63) is 65.7 Å². The van der Waals surface area contributed by atoms with Gasteiger partial charge in [0, 0.05) is 60.7 Å². The van der Waals surface area contributed by atoms with Gasteiger partial charge in [-0.05, 0) is 33.1 Å². The van der Waals surface area contributed by atoms with Gasteiger partial charge in [0.25, 0.3) is 0 Å². The number of nitrogens with zero attached hydrogens (tertiary/aromatic N) is 6. The van der Waals surface area contributed by atoms with Crippen LogP contribution in [0.1, 0.15) is 24.0 Å². The van der Waals surface area contributed by atoms with E-state index in [1.807, 2.05) is 9.86 Å². The number of rotatable bonds is 17. The van der Waals surface area contributed by atoms with E-state index in [-0.39, 0.29) is 30.4 Å². The van der Waals surface area contributed by atoms with Crippen LogP contribution in [0.5, 0.6) is 5.75 Å². The lowest BCUT2D eigenvalue weighted by molar-refractivity contribution is -0.352. The van der Waals surface area contributed by atoms with Gasteiger partial charge in [0.05, 0.1) is 45.1 Å². The molecule has 0 radical (unpaired) electrons. The van der Waals surface area contributed by atoms with Gasteiger partial charge in [-0.3, -0.25) is 38.8 Å². The minimum atomic E-state index is -2.30. The van der Waals surface area contributed by atoms with Gasteiger partial charge in [-0.2, -0.15) is 0 Å². The number of alkyl halides is 2. The molecule has 0 saturated carbocycles. The molecule has 0 aromatic heterocycles. The lowest BCUT2D eigenvalue weighted by atomic mass is 9.92. The number of ether oxygens (including phenoxy) is 5. The highest BCUT2D eigenvalue weighted by Gasteiger charge is 2.56. The van der Waals surface area contributed by atoms with Crippen molar-refractivity contribution in [1.29, 1.82) is 0 Å². The fourth-order valence-electron chi connectivity index (χ4n) is 12.6. The van der Waals surface area contributed by atoms with Crippen LogP contribution in [0.15, 0.2) is 64.6 Å². The molecule has 0 bridgehead atoms. The number of halogens is 2. The van der Waals surface area contributed by atoms with Crippen LogP contribution in [-0.2, 0) is 54.1 Å². The molecule has 6 aliphatic rings. The number of aliphatic hydroxyl groups excluding tert-OH is 14. The highest BCUT2D eigenvalue weighted by molar-refractivity contribution is 14.1. The molecule has 37 nitrogen and oxygen atoms in total. The summed E-state index contributed by atoms with van der Waals surface area (Å²) in [6, 6.07) is 1.43. The molecule has 6 heterocycles. The average molecular weight is 1650 g/mol. The van der Waals surface area contributed by atoms with Crippen molar-refractivity contribution in [2.24, 2.45) is 9.98 Å². The summed E-state index contributed by atoms with van der Waals surface area (Å²) in [4.78, 5) is 107. The van der Waals surface area contributed by atoms with E-state index in [1.54, 1.807) is 49.2 Å². The minimum Gasteiger partial charge on any atom is -0.462 e. The topological polar surface area (TPSA) is 542 Å². The molecular weight excluding hydrogens is 1550 g/mol. The predicted octanol–water partition coefficient (Wildman–Crippen LogP) is -9.96. The van der Waals surface area contributed by atoms with Crippen LogP contribution in [0, 0.1) is 0 Å². The number of nitrogens with one attached hydrogen (secondary N) is 6. The second kappa shape index (κ2) is 38.2. The highest BCUT2D eigenvalue weighted by atomic mass is 127. The Balaban J connectivity index is 0.00000387. The van der Waals surface area contributed by atoms with E-state index in [2.05, 4.69) is 87.1 Å². The second-order valence-corrected chi connectivity index (χ2v) is 24.4. The molecule has 6 aliphatic heterocycles. The Hall–Kier alpha value is -5.66. The zero-order chi connectivity index (χ0) is 74.3. The van der Waals surface area contributed by atoms with Gasteiger partial charge in [-0.15, -0.1) is 0 Å². The van der Waals surface area contributed by atoms with Crippen molar-refractivity contribution >= 4 is 92.5 Å². The third-order valence-corrected chi connectivity index (χ3v) is 18.1. The fraction of sp³-hybridized carbons (Fsp3) is 0.672. The van der Waals surface area contributed by atoms with Crippen molar-refractivity contribution in [2.45, 2.75) is 166 Å². The number of aliphatic hydroxyl groups is 14. The molecular formula is C61H94I2N12O25. The van der Waals surface area contributed by atoms with Gasteiger partial charge in [0.15, 0.2) is 24.4 Å². The molecule has 25 atom stereocenters. The monoisotopic (exact) mass is 1650 g/mol. The predicted molar refractivity (Wildman–Crippen MR) is 367 cm³/mol. The number of aliphatic imine (C=N–C) groups is 2. The number of guanidine groups is 2. The number of hydrogen-bond acceptors (Lipinski definition) is 27. The summed E-state index contributed by atoms with van der Waals surface area (Å²) in [5.41, 5.74) is 0.749. The van der Waals surface area contributed by atoms with Gasteiger partial charge in [-0.25, -0.2) is 0 Å². The van der Waals surface area contributed by atoms with E-state index >= 15 is 9.59 Å². The lowest BCUT2D eigenvalue weighted by Gasteiger charge is -2.46. The summed E-state index contributed by atoms with van der Waals surface area (Å²) in [6.07, 6.45) is -31.3. The Labute approximate surface area is 603 Å². The van der Waals surface area contributed by atoms with Crippen LogP contribution in [0.25, 0.3) is 0 Å². The van der Waals surface area contributed by atoms with Gasteiger partial charge < -0.3 is 147 Å². The van der Waals surface area contributed by atoms with Crippen LogP contribution in [0.2, 0.25) is 0 Å². The van der Waals surface area contributed by atoms with Crippen LogP contribution in [0.4, 0.5) is 0 Å². The Bertz CT molecular complexity index is 3070. The number of amides is 6. The first-order chi connectivity index (χ1) is 47.6. The maximum Gasteiger partial charge on any atom is 0.246 e. The van der Waals surface area contributed by atoms with E-state index in [1.165, 1.54) is 62.3 Å². The molecule has 6 fully saturated rings. The third-order valence-electron chi connectivity index (χ3n) is 18.1.